The lowest BCUT2D eigenvalue weighted by molar-refractivity contribution is 0.541. The molecular formula is C11H9N3OS. The van der Waals surface area contributed by atoms with E-state index in [1.807, 2.05) is 35.9 Å². The maximum atomic E-state index is 5.08. The molecule has 0 aliphatic heterocycles. The molecule has 0 saturated heterocycles. The Labute approximate surface area is 96.5 Å². The first-order chi connectivity index (χ1) is 7.75. The molecule has 2 heterocycles. The Morgan fingerprint density at radius 1 is 1.38 bits per heavy atom. The van der Waals surface area contributed by atoms with Crippen LogP contribution in [0.15, 0.2) is 34.9 Å². The number of imidazole rings is 1. The quantitative estimate of drug-likeness (QED) is 0.655. The molecule has 0 radical (unpaired) electrons. The van der Waals surface area contributed by atoms with Gasteiger partial charge >= 0.3 is 0 Å². The highest BCUT2D eigenvalue weighted by atomic mass is 32.1. The summed E-state index contributed by atoms with van der Waals surface area (Å²) in [5, 5.41) is 0. The van der Waals surface area contributed by atoms with Gasteiger partial charge in [0, 0.05) is 7.05 Å². The topological polar surface area (TPSA) is 46.8 Å². The van der Waals surface area contributed by atoms with Gasteiger partial charge in [-0.25, -0.2) is 4.98 Å². The van der Waals surface area contributed by atoms with Gasteiger partial charge in [0.25, 0.3) is 4.84 Å². The van der Waals surface area contributed by atoms with E-state index >= 15 is 0 Å². The molecule has 4 nitrogen and oxygen atoms in total. The Hall–Kier alpha value is -1.88. The van der Waals surface area contributed by atoms with Crippen molar-refractivity contribution in [3.05, 3.63) is 35.4 Å². The van der Waals surface area contributed by atoms with E-state index in [4.69, 9.17) is 16.6 Å². The second-order valence-electron chi connectivity index (χ2n) is 3.54. The lowest BCUT2D eigenvalue weighted by Gasteiger charge is -1.97. The van der Waals surface area contributed by atoms with E-state index in [-0.39, 0.29) is 0 Å². The van der Waals surface area contributed by atoms with E-state index in [2.05, 4.69) is 9.97 Å². The number of benzene rings is 1. The Kier molecular flexibility index (Phi) is 1.94. The summed E-state index contributed by atoms with van der Waals surface area (Å²) in [7, 11) is 1.97. The molecule has 3 rings (SSSR count). The van der Waals surface area contributed by atoms with Crippen LogP contribution in [-0.4, -0.2) is 14.5 Å². The second kappa shape index (κ2) is 3.31. The van der Waals surface area contributed by atoms with Crippen molar-refractivity contribution in [3.8, 4) is 11.5 Å². The van der Waals surface area contributed by atoms with Crippen LogP contribution in [0.25, 0.3) is 22.6 Å². The van der Waals surface area contributed by atoms with E-state index in [9.17, 15) is 0 Å². The molecule has 0 bridgehead atoms. The van der Waals surface area contributed by atoms with E-state index in [1.54, 1.807) is 6.26 Å². The van der Waals surface area contributed by atoms with Crippen LogP contribution in [0.5, 0.6) is 0 Å². The summed E-state index contributed by atoms with van der Waals surface area (Å²) in [6.07, 6.45) is 1.59. The molecule has 0 amide bonds. The maximum absolute atomic E-state index is 5.08. The number of aromatic nitrogens is 3. The van der Waals surface area contributed by atoms with Crippen molar-refractivity contribution < 1.29 is 4.42 Å². The molecule has 1 aromatic carbocycles. The first kappa shape index (κ1) is 9.35. The van der Waals surface area contributed by atoms with Gasteiger partial charge in [0.15, 0.2) is 5.82 Å². The number of H-pyrrole nitrogens is 1. The molecule has 3 aromatic rings. The van der Waals surface area contributed by atoms with Gasteiger partial charge in [-0.3, -0.25) is 0 Å². The Balaban J connectivity index is 2.32. The van der Waals surface area contributed by atoms with Gasteiger partial charge in [-0.1, -0.05) is 12.1 Å². The number of para-hydroxylation sites is 2. The van der Waals surface area contributed by atoms with Crippen molar-refractivity contribution in [2.24, 2.45) is 7.05 Å². The normalized spacial score (nSPS) is 11.1. The van der Waals surface area contributed by atoms with Crippen molar-refractivity contribution in [1.29, 1.82) is 0 Å². The van der Waals surface area contributed by atoms with Crippen LogP contribution in [0.2, 0.25) is 0 Å². The Morgan fingerprint density at radius 2 is 2.19 bits per heavy atom. The van der Waals surface area contributed by atoms with Crippen molar-refractivity contribution in [2.75, 3.05) is 0 Å². The highest BCUT2D eigenvalue weighted by molar-refractivity contribution is 7.71. The van der Waals surface area contributed by atoms with Crippen LogP contribution in [0.1, 0.15) is 0 Å². The Bertz CT molecular complexity index is 707. The largest absolute Gasteiger partial charge is 0.437 e. The zero-order valence-electron chi connectivity index (χ0n) is 8.60. The Morgan fingerprint density at radius 3 is 2.88 bits per heavy atom. The summed E-state index contributed by atoms with van der Waals surface area (Å²) in [5.41, 5.74) is 2.84. The summed E-state index contributed by atoms with van der Waals surface area (Å²) in [6, 6.07) is 7.97. The SMILES string of the molecule is Cn1c(-c2coc(=S)[nH]2)nc2ccccc21. The predicted molar refractivity (Wildman–Crippen MR) is 63.6 cm³/mol. The van der Waals surface area contributed by atoms with Gasteiger partial charge in [-0.05, 0) is 24.4 Å². The first-order valence-electron chi connectivity index (χ1n) is 4.85. The maximum Gasteiger partial charge on any atom is 0.266 e. The number of nitrogens with zero attached hydrogens (tertiary/aromatic N) is 2. The molecule has 0 aliphatic rings. The second-order valence-corrected chi connectivity index (χ2v) is 3.92. The molecular weight excluding hydrogens is 222 g/mol. The number of rotatable bonds is 1. The minimum atomic E-state index is 0.363. The number of aryl methyl sites for hydroxylation is 1. The third-order valence-corrected chi connectivity index (χ3v) is 2.75. The van der Waals surface area contributed by atoms with E-state index < -0.39 is 0 Å². The fourth-order valence-electron chi connectivity index (χ4n) is 1.78. The molecule has 0 spiro atoms. The van der Waals surface area contributed by atoms with Crippen LogP contribution in [0.4, 0.5) is 0 Å². The van der Waals surface area contributed by atoms with Crippen LogP contribution < -0.4 is 0 Å². The molecule has 5 heteroatoms. The summed E-state index contributed by atoms with van der Waals surface area (Å²) in [4.78, 5) is 7.84. The fraction of sp³-hybridized carbons (Fsp3) is 0.0909. The lowest BCUT2D eigenvalue weighted by Crippen LogP contribution is -1.92. The minimum Gasteiger partial charge on any atom is -0.437 e. The highest BCUT2D eigenvalue weighted by Gasteiger charge is 2.10. The van der Waals surface area contributed by atoms with Crippen LogP contribution in [-0.2, 0) is 7.05 Å². The number of hydrogen-bond donors (Lipinski definition) is 1. The number of aromatic amines is 1. The zero-order chi connectivity index (χ0) is 11.1. The molecule has 0 fully saturated rings. The number of fused-ring (bicyclic) bond motifs is 1. The van der Waals surface area contributed by atoms with Gasteiger partial charge in [-0.15, -0.1) is 0 Å². The van der Waals surface area contributed by atoms with Gasteiger partial charge in [0.1, 0.15) is 12.0 Å². The molecule has 80 valence electrons. The summed E-state index contributed by atoms with van der Waals surface area (Å²) >= 11 is 4.90. The number of hydrogen-bond acceptors (Lipinski definition) is 3. The van der Waals surface area contributed by atoms with Crippen molar-refractivity contribution in [1.82, 2.24) is 14.5 Å². The lowest BCUT2D eigenvalue weighted by atomic mass is 10.3. The number of oxazole rings is 1. The molecule has 16 heavy (non-hydrogen) atoms. The standard InChI is InChI=1S/C11H9N3OS/c1-14-9-5-3-2-4-7(9)12-10(14)8-6-15-11(16)13-8/h2-6H,1H3,(H,13,16). The summed E-state index contributed by atoms with van der Waals surface area (Å²) in [5.74, 6) is 0.820. The average Bonchev–Trinajstić information content (AvgIpc) is 2.84. The molecule has 1 N–H and O–H groups in total. The molecule has 0 unspecified atom stereocenters. The summed E-state index contributed by atoms with van der Waals surface area (Å²) in [6.45, 7) is 0. The first-order valence-corrected chi connectivity index (χ1v) is 5.26. The molecule has 0 aliphatic carbocycles. The fourth-order valence-corrected chi connectivity index (χ4v) is 1.93. The van der Waals surface area contributed by atoms with Gasteiger partial charge in [0.2, 0.25) is 0 Å². The van der Waals surface area contributed by atoms with Crippen LogP contribution in [0.3, 0.4) is 0 Å². The van der Waals surface area contributed by atoms with Crippen molar-refractivity contribution >= 4 is 23.3 Å². The van der Waals surface area contributed by atoms with Gasteiger partial charge in [0.05, 0.1) is 11.0 Å². The third kappa shape index (κ3) is 1.29. The zero-order valence-corrected chi connectivity index (χ0v) is 9.41. The van der Waals surface area contributed by atoms with Crippen molar-refractivity contribution in [2.45, 2.75) is 0 Å². The van der Waals surface area contributed by atoms with Gasteiger partial charge in [-0.2, -0.15) is 0 Å². The molecule has 0 atom stereocenters. The minimum absolute atomic E-state index is 0.363. The highest BCUT2D eigenvalue weighted by Crippen LogP contribution is 2.21. The van der Waals surface area contributed by atoms with Crippen LogP contribution >= 0.6 is 12.2 Å². The van der Waals surface area contributed by atoms with E-state index in [0.717, 1.165) is 22.6 Å². The third-order valence-electron chi connectivity index (χ3n) is 2.55. The van der Waals surface area contributed by atoms with E-state index in [0.29, 0.717) is 4.84 Å². The summed E-state index contributed by atoms with van der Waals surface area (Å²) < 4.78 is 7.08. The predicted octanol–water partition coefficient (Wildman–Crippen LogP) is 2.89. The average molecular weight is 231 g/mol. The number of nitrogens with one attached hydrogen (secondary N) is 1. The van der Waals surface area contributed by atoms with Crippen molar-refractivity contribution in [3.63, 3.8) is 0 Å². The van der Waals surface area contributed by atoms with E-state index in [1.165, 1.54) is 0 Å². The molecule has 0 saturated carbocycles. The molecule has 2 aromatic heterocycles. The van der Waals surface area contributed by atoms with Gasteiger partial charge < -0.3 is 14.0 Å². The smallest absolute Gasteiger partial charge is 0.266 e. The monoisotopic (exact) mass is 231 g/mol. The van der Waals surface area contributed by atoms with Crippen LogP contribution in [0, 0.1) is 4.84 Å².